The maximum Gasteiger partial charge on any atom is 0.348 e. The Hall–Kier alpha value is -2.93. The zero-order valence-electron chi connectivity index (χ0n) is 12.9. The molecule has 120 valence electrons. The van der Waals surface area contributed by atoms with E-state index in [1.54, 1.807) is 32.5 Å². The number of hydrogen-bond acceptors (Lipinski definition) is 5. The normalized spacial score (nSPS) is 11.3. The second kappa shape index (κ2) is 5.31. The van der Waals surface area contributed by atoms with Crippen molar-refractivity contribution in [2.75, 3.05) is 7.11 Å². The first-order chi connectivity index (χ1) is 11.6. The molecule has 24 heavy (non-hydrogen) atoms. The predicted molar refractivity (Wildman–Crippen MR) is 90.6 cm³/mol. The van der Waals surface area contributed by atoms with Gasteiger partial charge in [-0.25, -0.2) is 9.78 Å². The molecule has 1 aromatic carbocycles. The minimum atomic E-state index is -0.358. The molecule has 0 aliphatic heterocycles. The minimum Gasteiger partial charge on any atom is -0.494 e. The van der Waals surface area contributed by atoms with E-state index in [0.29, 0.717) is 27.8 Å². The van der Waals surface area contributed by atoms with E-state index in [1.807, 2.05) is 12.1 Å². The maximum absolute atomic E-state index is 12.1. The second-order valence-electron chi connectivity index (χ2n) is 5.28. The highest BCUT2D eigenvalue weighted by Crippen LogP contribution is 2.36. The minimum absolute atomic E-state index is 0.358. The molecule has 0 saturated carbocycles. The van der Waals surface area contributed by atoms with Gasteiger partial charge in [-0.05, 0) is 25.1 Å². The van der Waals surface area contributed by atoms with Crippen molar-refractivity contribution >= 4 is 28.2 Å². The van der Waals surface area contributed by atoms with Gasteiger partial charge in [0.25, 0.3) is 0 Å². The lowest BCUT2D eigenvalue weighted by molar-refractivity contribution is 0.414. The number of rotatable bonds is 2. The summed E-state index contributed by atoms with van der Waals surface area (Å²) in [5.74, 6) is 1.13. The average Bonchev–Trinajstić information content (AvgIpc) is 2.97. The largest absolute Gasteiger partial charge is 0.494 e. The van der Waals surface area contributed by atoms with E-state index in [9.17, 15) is 4.79 Å². The summed E-state index contributed by atoms with van der Waals surface area (Å²) in [6.07, 6.45) is 3.29. The summed E-state index contributed by atoms with van der Waals surface area (Å²) in [4.78, 5) is 23.3. The summed E-state index contributed by atoms with van der Waals surface area (Å²) in [7, 11) is 1.58. The highest BCUT2D eigenvalue weighted by molar-refractivity contribution is 6.34. The molecular weight excluding hydrogens is 330 g/mol. The molecule has 0 aliphatic rings. The van der Waals surface area contributed by atoms with Gasteiger partial charge < -0.3 is 9.72 Å². The Balaban J connectivity index is 2.11. The van der Waals surface area contributed by atoms with E-state index in [0.717, 1.165) is 16.5 Å². The molecule has 1 N–H and O–H groups in total. The van der Waals surface area contributed by atoms with Gasteiger partial charge in [0.1, 0.15) is 11.6 Å². The standard InChI is InChI=1S/C16H12ClN5O2/c1-8-19-15-11-5-10(9-3-4-18-7-14(9)24-2)12(17)6-13(11)20-16(23)22(15)21-8/h3-7H,1-2H3,(H,20,23). The Bertz CT molecular complexity index is 1150. The molecule has 3 heterocycles. The molecule has 0 fully saturated rings. The van der Waals surface area contributed by atoms with Crippen LogP contribution in [-0.4, -0.2) is 31.7 Å². The van der Waals surface area contributed by atoms with Crippen molar-refractivity contribution in [1.29, 1.82) is 0 Å². The van der Waals surface area contributed by atoms with Gasteiger partial charge >= 0.3 is 5.69 Å². The second-order valence-corrected chi connectivity index (χ2v) is 5.69. The molecule has 8 heteroatoms. The number of aromatic amines is 1. The number of nitrogens with one attached hydrogen (secondary N) is 1. The third kappa shape index (κ3) is 2.13. The Morgan fingerprint density at radius 2 is 2.12 bits per heavy atom. The van der Waals surface area contributed by atoms with Crippen molar-refractivity contribution in [3.8, 4) is 16.9 Å². The van der Waals surface area contributed by atoms with Crippen molar-refractivity contribution in [3.63, 3.8) is 0 Å². The molecule has 7 nitrogen and oxygen atoms in total. The molecule has 3 aromatic heterocycles. The Morgan fingerprint density at radius 3 is 2.92 bits per heavy atom. The van der Waals surface area contributed by atoms with Gasteiger partial charge in [0.05, 0.1) is 23.8 Å². The smallest absolute Gasteiger partial charge is 0.348 e. The van der Waals surface area contributed by atoms with E-state index in [-0.39, 0.29) is 5.69 Å². The van der Waals surface area contributed by atoms with Gasteiger partial charge in [-0.1, -0.05) is 11.6 Å². The molecule has 0 aliphatic carbocycles. The lowest BCUT2D eigenvalue weighted by atomic mass is 10.0. The summed E-state index contributed by atoms with van der Waals surface area (Å²) >= 11 is 6.43. The number of nitrogens with zero attached hydrogens (tertiary/aromatic N) is 4. The molecular formula is C16H12ClN5O2. The van der Waals surface area contributed by atoms with Crippen LogP contribution in [0.15, 0.2) is 35.4 Å². The third-order valence-corrected chi connectivity index (χ3v) is 4.10. The number of ether oxygens (including phenoxy) is 1. The van der Waals surface area contributed by atoms with Crippen molar-refractivity contribution in [3.05, 3.63) is 51.9 Å². The van der Waals surface area contributed by atoms with Gasteiger partial charge in [0.15, 0.2) is 5.65 Å². The number of halogens is 1. The number of fused-ring (bicyclic) bond motifs is 3. The van der Waals surface area contributed by atoms with E-state index >= 15 is 0 Å². The third-order valence-electron chi connectivity index (χ3n) is 3.79. The average molecular weight is 342 g/mol. The Morgan fingerprint density at radius 1 is 1.29 bits per heavy atom. The first kappa shape index (κ1) is 14.6. The summed E-state index contributed by atoms with van der Waals surface area (Å²) in [6.45, 7) is 1.74. The van der Waals surface area contributed by atoms with Crippen LogP contribution in [0.1, 0.15) is 5.82 Å². The van der Waals surface area contributed by atoms with Crippen LogP contribution in [0.5, 0.6) is 5.75 Å². The van der Waals surface area contributed by atoms with Crippen LogP contribution in [0.2, 0.25) is 5.02 Å². The maximum atomic E-state index is 12.1. The number of hydrogen-bond donors (Lipinski definition) is 1. The molecule has 0 radical (unpaired) electrons. The van der Waals surface area contributed by atoms with Gasteiger partial charge in [0.2, 0.25) is 0 Å². The first-order valence-electron chi connectivity index (χ1n) is 7.16. The van der Waals surface area contributed by atoms with Crippen LogP contribution in [0.25, 0.3) is 27.7 Å². The predicted octanol–water partition coefficient (Wildman–Crippen LogP) is 2.60. The van der Waals surface area contributed by atoms with Crippen LogP contribution in [0, 0.1) is 6.92 Å². The lowest BCUT2D eigenvalue weighted by Gasteiger charge is -2.11. The van der Waals surface area contributed by atoms with Crippen molar-refractivity contribution in [1.82, 2.24) is 24.6 Å². The van der Waals surface area contributed by atoms with Gasteiger partial charge in [-0.15, -0.1) is 5.10 Å². The van der Waals surface area contributed by atoms with Crippen molar-refractivity contribution in [2.24, 2.45) is 0 Å². The van der Waals surface area contributed by atoms with Crippen LogP contribution in [0.4, 0.5) is 0 Å². The van der Waals surface area contributed by atoms with Gasteiger partial charge in [0, 0.05) is 22.7 Å². The van der Waals surface area contributed by atoms with E-state index in [4.69, 9.17) is 16.3 Å². The summed E-state index contributed by atoms with van der Waals surface area (Å²) in [6, 6.07) is 5.40. The highest BCUT2D eigenvalue weighted by Gasteiger charge is 2.15. The number of H-pyrrole nitrogens is 1. The first-order valence-corrected chi connectivity index (χ1v) is 7.53. The van der Waals surface area contributed by atoms with Crippen LogP contribution in [0.3, 0.4) is 0 Å². The molecule has 0 amide bonds. The van der Waals surface area contributed by atoms with Crippen LogP contribution in [-0.2, 0) is 0 Å². The zero-order chi connectivity index (χ0) is 16.8. The number of aryl methyl sites for hydroxylation is 1. The van der Waals surface area contributed by atoms with E-state index in [2.05, 4.69) is 20.1 Å². The van der Waals surface area contributed by atoms with Gasteiger partial charge in [-0.2, -0.15) is 4.52 Å². The molecule has 0 saturated heterocycles. The van der Waals surface area contributed by atoms with Crippen molar-refractivity contribution in [2.45, 2.75) is 6.92 Å². The molecule has 4 aromatic rings. The van der Waals surface area contributed by atoms with Crippen molar-refractivity contribution < 1.29 is 4.74 Å². The quantitative estimate of drug-likeness (QED) is 0.605. The van der Waals surface area contributed by atoms with E-state index in [1.165, 1.54) is 4.52 Å². The molecule has 0 bridgehead atoms. The monoisotopic (exact) mass is 341 g/mol. The van der Waals surface area contributed by atoms with Crippen LogP contribution < -0.4 is 10.4 Å². The number of aromatic nitrogens is 5. The summed E-state index contributed by atoms with van der Waals surface area (Å²) in [5, 5.41) is 5.35. The fourth-order valence-corrected chi connectivity index (χ4v) is 3.00. The topological polar surface area (TPSA) is 85.2 Å². The number of pyridine rings is 1. The number of benzene rings is 1. The molecule has 0 unspecified atom stereocenters. The summed E-state index contributed by atoms with van der Waals surface area (Å²) in [5.41, 5.74) is 2.29. The Labute approximate surface area is 140 Å². The Kier molecular flexibility index (Phi) is 3.24. The molecule has 0 spiro atoms. The summed E-state index contributed by atoms with van der Waals surface area (Å²) < 4.78 is 6.61. The van der Waals surface area contributed by atoms with Crippen LogP contribution >= 0.6 is 11.6 Å². The molecule has 4 rings (SSSR count). The number of methoxy groups -OCH3 is 1. The molecule has 0 atom stereocenters. The van der Waals surface area contributed by atoms with Gasteiger partial charge in [-0.3, -0.25) is 4.98 Å². The lowest BCUT2D eigenvalue weighted by Crippen LogP contribution is -2.17. The fourth-order valence-electron chi connectivity index (χ4n) is 2.73. The van der Waals surface area contributed by atoms with E-state index < -0.39 is 0 Å². The zero-order valence-corrected chi connectivity index (χ0v) is 13.6. The highest BCUT2D eigenvalue weighted by atomic mass is 35.5. The SMILES string of the molecule is COc1cnccc1-c1cc2c(cc1Cl)[nH]c(=O)n1nc(C)nc21. The fraction of sp³-hybridized carbons (Fsp3) is 0.125.